The van der Waals surface area contributed by atoms with Gasteiger partial charge in [-0.2, -0.15) is 5.10 Å². The topological polar surface area (TPSA) is 99.9 Å². The van der Waals surface area contributed by atoms with Gasteiger partial charge in [0, 0.05) is 36.6 Å². The third-order valence-electron chi connectivity index (χ3n) is 3.76. The molecule has 0 aliphatic rings. The minimum absolute atomic E-state index is 0.187. The number of nitrogen functional groups attached to an aromatic ring is 1. The summed E-state index contributed by atoms with van der Waals surface area (Å²) >= 11 is 0. The molecule has 1 heterocycles. The van der Waals surface area contributed by atoms with Gasteiger partial charge in [0.15, 0.2) is 5.82 Å². The summed E-state index contributed by atoms with van der Waals surface area (Å²) in [6.07, 6.45) is 0. The van der Waals surface area contributed by atoms with Crippen LogP contribution in [0.3, 0.4) is 0 Å². The molecule has 128 valence electrons. The van der Waals surface area contributed by atoms with Crippen LogP contribution in [0.15, 0.2) is 48.5 Å². The van der Waals surface area contributed by atoms with Crippen LogP contribution in [0.4, 0.5) is 11.4 Å². The fourth-order valence-corrected chi connectivity index (χ4v) is 2.31. The second-order valence-corrected chi connectivity index (χ2v) is 5.85. The summed E-state index contributed by atoms with van der Waals surface area (Å²) in [5.74, 6) is 1.01. The largest absolute Gasteiger partial charge is 0.399 e. The van der Waals surface area contributed by atoms with Crippen LogP contribution in [0.25, 0.3) is 11.4 Å². The number of amides is 1. The summed E-state index contributed by atoms with van der Waals surface area (Å²) in [7, 11) is 3.98. The molecule has 0 radical (unpaired) electrons. The third kappa shape index (κ3) is 3.95. The molecule has 0 atom stereocenters. The number of aromatic amines is 1. The number of carbonyl (C=O) groups excluding carboxylic acids is 1. The Morgan fingerprint density at radius 2 is 1.80 bits per heavy atom. The number of rotatable bonds is 5. The standard InChI is InChI=1S/C18H20N6O/c1-24(2)15-9-5-12(6-10-15)17-21-16(22-23-17)11-20-18(25)13-3-7-14(19)8-4-13/h3-10H,11,19H2,1-2H3,(H,20,25)(H,21,22,23). The van der Waals surface area contributed by atoms with E-state index in [1.165, 1.54) is 0 Å². The van der Waals surface area contributed by atoms with Crippen LogP contribution >= 0.6 is 0 Å². The highest BCUT2D eigenvalue weighted by Gasteiger charge is 2.09. The van der Waals surface area contributed by atoms with Crippen molar-refractivity contribution in [2.45, 2.75) is 6.54 Å². The van der Waals surface area contributed by atoms with Gasteiger partial charge in [-0.25, -0.2) is 4.98 Å². The molecule has 25 heavy (non-hydrogen) atoms. The molecular weight excluding hydrogens is 316 g/mol. The van der Waals surface area contributed by atoms with Crippen LogP contribution in [0.1, 0.15) is 16.2 Å². The molecule has 0 saturated heterocycles. The highest BCUT2D eigenvalue weighted by atomic mass is 16.1. The number of anilines is 2. The van der Waals surface area contributed by atoms with Gasteiger partial charge < -0.3 is 16.0 Å². The maximum atomic E-state index is 12.1. The van der Waals surface area contributed by atoms with E-state index in [1.54, 1.807) is 24.3 Å². The fraction of sp³-hybridized carbons (Fsp3) is 0.167. The Morgan fingerprint density at radius 3 is 2.44 bits per heavy atom. The molecule has 1 amide bonds. The number of aromatic nitrogens is 3. The summed E-state index contributed by atoms with van der Waals surface area (Å²) in [4.78, 5) is 18.5. The molecule has 0 saturated carbocycles. The molecule has 1 aromatic heterocycles. The first-order valence-corrected chi connectivity index (χ1v) is 7.86. The summed E-state index contributed by atoms with van der Waals surface area (Å²) in [6, 6.07) is 14.7. The lowest BCUT2D eigenvalue weighted by Gasteiger charge is -2.11. The van der Waals surface area contributed by atoms with Crippen molar-refractivity contribution in [2.75, 3.05) is 24.7 Å². The van der Waals surface area contributed by atoms with Crippen molar-refractivity contribution in [3.8, 4) is 11.4 Å². The fourth-order valence-electron chi connectivity index (χ4n) is 2.31. The number of carbonyl (C=O) groups is 1. The van der Waals surface area contributed by atoms with E-state index in [9.17, 15) is 4.79 Å². The number of nitrogens with zero attached hydrogens (tertiary/aromatic N) is 3. The summed E-state index contributed by atoms with van der Waals surface area (Å²) in [5.41, 5.74) is 8.81. The Labute approximate surface area is 145 Å². The van der Waals surface area contributed by atoms with Gasteiger partial charge in [-0.15, -0.1) is 0 Å². The summed E-state index contributed by atoms with van der Waals surface area (Å²) in [6.45, 7) is 0.270. The SMILES string of the molecule is CN(C)c1ccc(-c2n[nH]c(CNC(=O)c3ccc(N)cc3)n2)cc1. The first kappa shape index (κ1) is 16.5. The zero-order valence-electron chi connectivity index (χ0n) is 14.2. The molecular formula is C18H20N6O. The number of hydrogen-bond donors (Lipinski definition) is 3. The predicted octanol–water partition coefficient (Wildman–Crippen LogP) is 2.05. The van der Waals surface area contributed by atoms with Gasteiger partial charge in [-0.1, -0.05) is 0 Å². The average molecular weight is 336 g/mol. The number of hydrogen-bond acceptors (Lipinski definition) is 5. The second kappa shape index (κ2) is 7.04. The smallest absolute Gasteiger partial charge is 0.251 e. The molecule has 0 fully saturated rings. The Balaban J connectivity index is 1.63. The Bertz CT molecular complexity index is 852. The van der Waals surface area contributed by atoms with E-state index in [1.807, 2.05) is 43.3 Å². The zero-order chi connectivity index (χ0) is 17.8. The van der Waals surface area contributed by atoms with Crippen molar-refractivity contribution in [3.63, 3.8) is 0 Å². The number of H-pyrrole nitrogens is 1. The Kier molecular flexibility index (Phi) is 4.65. The molecule has 3 rings (SSSR count). The van der Waals surface area contributed by atoms with Gasteiger partial charge in [0.2, 0.25) is 0 Å². The van der Waals surface area contributed by atoms with Gasteiger partial charge in [0.05, 0.1) is 6.54 Å². The van der Waals surface area contributed by atoms with Crippen LogP contribution in [0.2, 0.25) is 0 Å². The highest BCUT2D eigenvalue weighted by molar-refractivity contribution is 5.94. The average Bonchev–Trinajstić information content (AvgIpc) is 3.09. The minimum atomic E-state index is -0.187. The normalized spacial score (nSPS) is 10.5. The third-order valence-corrected chi connectivity index (χ3v) is 3.76. The van der Waals surface area contributed by atoms with Crippen LogP contribution in [-0.2, 0) is 6.54 Å². The summed E-state index contributed by atoms with van der Waals surface area (Å²) < 4.78 is 0. The number of nitrogens with two attached hydrogens (primary N) is 1. The van der Waals surface area contributed by atoms with E-state index in [4.69, 9.17) is 5.73 Å². The van der Waals surface area contributed by atoms with Gasteiger partial charge in [0.1, 0.15) is 5.82 Å². The van der Waals surface area contributed by atoms with E-state index in [0.717, 1.165) is 11.3 Å². The zero-order valence-corrected chi connectivity index (χ0v) is 14.2. The lowest BCUT2D eigenvalue weighted by molar-refractivity contribution is 0.0950. The van der Waals surface area contributed by atoms with Crippen molar-refractivity contribution in [1.29, 1.82) is 0 Å². The van der Waals surface area contributed by atoms with Gasteiger partial charge >= 0.3 is 0 Å². The summed E-state index contributed by atoms with van der Waals surface area (Å²) in [5, 5.41) is 9.86. The number of benzene rings is 2. The number of nitrogens with one attached hydrogen (secondary N) is 2. The Morgan fingerprint density at radius 1 is 1.12 bits per heavy atom. The Hall–Kier alpha value is -3.35. The van der Waals surface area contributed by atoms with E-state index >= 15 is 0 Å². The molecule has 0 aliphatic carbocycles. The lowest BCUT2D eigenvalue weighted by atomic mass is 10.2. The monoisotopic (exact) mass is 336 g/mol. The lowest BCUT2D eigenvalue weighted by Crippen LogP contribution is -2.23. The molecule has 0 bridgehead atoms. The van der Waals surface area contributed by atoms with Crippen LogP contribution in [-0.4, -0.2) is 35.2 Å². The van der Waals surface area contributed by atoms with Crippen molar-refractivity contribution in [1.82, 2.24) is 20.5 Å². The first-order valence-electron chi connectivity index (χ1n) is 7.86. The molecule has 0 unspecified atom stereocenters. The first-order chi connectivity index (χ1) is 12.0. The van der Waals surface area contributed by atoms with Gasteiger partial charge in [-0.05, 0) is 48.5 Å². The highest BCUT2D eigenvalue weighted by Crippen LogP contribution is 2.19. The molecule has 7 heteroatoms. The van der Waals surface area contributed by atoms with Crippen molar-refractivity contribution in [3.05, 3.63) is 59.9 Å². The van der Waals surface area contributed by atoms with Crippen LogP contribution in [0, 0.1) is 0 Å². The molecule has 0 aliphatic heterocycles. The molecule has 3 aromatic rings. The molecule has 4 N–H and O–H groups in total. The van der Waals surface area contributed by atoms with Crippen molar-refractivity contribution >= 4 is 17.3 Å². The van der Waals surface area contributed by atoms with Gasteiger partial charge in [-0.3, -0.25) is 9.89 Å². The maximum absolute atomic E-state index is 12.1. The van der Waals surface area contributed by atoms with Gasteiger partial charge in [0.25, 0.3) is 5.91 Å². The molecule has 0 spiro atoms. The quantitative estimate of drug-likeness (QED) is 0.619. The van der Waals surface area contributed by atoms with Crippen molar-refractivity contribution in [2.24, 2.45) is 0 Å². The maximum Gasteiger partial charge on any atom is 0.251 e. The van der Waals surface area contributed by atoms with Crippen molar-refractivity contribution < 1.29 is 4.79 Å². The van der Waals surface area contributed by atoms with E-state index in [0.29, 0.717) is 22.9 Å². The van der Waals surface area contributed by atoms with E-state index < -0.39 is 0 Å². The second-order valence-electron chi connectivity index (χ2n) is 5.85. The predicted molar refractivity (Wildman–Crippen MR) is 98.2 cm³/mol. The van der Waals surface area contributed by atoms with Crippen LogP contribution < -0.4 is 16.0 Å². The molecule has 7 nitrogen and oxygen atoms in total. The molecule has 2 aromatic carbocycles. The van der Waals surface area contributed by atoms with E-state index in [2.05, 4.69) is 20.5 Å². The minimum Gasteiger partial charge on any atom is -0.399 e. The van der Waals surface area contributed by atoms with Crippen LogP contribution in [0.5, 0.6) is 0 Å². The van der Waals surface area contributed by atoms with E-state index in [-0.39, 0.29) is 12.5 Å².